The molecule has 0 aromatic carbocycles. The molecule has 1 aromatic rings. The number of rotatable bonds is 5. The van der Waals surface area contributed by atoms with Gasteiger partial charge < -0.3 is 9.84 Å². The van der Waals surface area contributed by atoms with Gasteiger partial charge in [0.25, 0.3) is 0 Å². The van der Waals surface area contributed by atoms with E-state index in [2.05, 4.69) is 12.0 Å². The Balaban J connectivity index is 1.86. The van der Waals surface area contributed by atoms with E-state index in [1.165, 1.54) is 0 Å². The lowest BCUT2D eigenvalue weighted by molar-refractivity contribution is 0.0435. The lowest BCUT2D eigenvalue weighted by atomic mass is 9.92. The number of aryl methyl sites for hydroxylation is 1. The minimum absolute atomic E-state index is 0.372. The first kappa shape index (κ1) is 12.6. The topological polar surface area (TPSA) is 47.3 Å². The highest BCUT2D eigenvalue weighted by molar-refractivity contribution is 5.08. The van der Waals surface area contributed by atoms with Gasteiger partial charge in [-0.05, 0) is 31.6 Å². The highest BCUT2D eigenvalue weighted by Crippen LogP contribution is 2.27. The van der Waals surface area contributed by atoms with E-state index < -0.39 is 0 Å². The summed E-state index contributed by atoms with van der Waals surface area (Å²) in [6.45, 7) is 4.72. The Labute approximate surface area is 103 Å². The van der Waals surface area contributed by atoms with Crippen molar-refractivity contribution < 1.29 is 9.84 Å². The highest BCUT2D eigenvalue weighted by Gasteiger charge is 2.19. The normalized spacial score (nSPS) is 19.4. The molecule has 1 aromatic heterocycles. The summed E-state index contributed by atoms with van der Waals surface area (Å²) in [5.41, 5.74) is 0.949. The third-order valence-corrected chi connectivity index (χ3v) is 3.39. The van der Waals surface area contributed by atoms with Crippen LogP contribution < -0.4 is 0 Å². The smallest absolute Gasteiger partial charge is 0.0823 e. The van der Waals surface area contributed by atoms with Gasteiger partial charge in [-0.25, -0.2) is 0 Å². The summed E-state index contributed by atoms with van der Waals surface area (Å²) < 4.78 is 7.23. The van der Waals surface area contributed by atoms with Gasteiger partial charge in [-0.1, -0.05) is 6.92 Å². The first-order chi connectivity index (χ1) is 8.29. The van der Waals surface area contributed by atoms with Gasteiger partial charge in [0.05, 0.1) is 12.3 Å². The van der Waals surface area contributed by atoms with Crippen LogP contribution in [0.5, 0.6) is 0 Å². The standard InChI is InChI=1S/C13H22N2O2/c1-2-5-15-10-12(9-14-15)13(16)8-11-3-6-17-7-4-11/h9-11,13,16H,2-8H2,1H3. The largest absolute Gasteiger partial charge is 0.388 e. The van der Waals surface area contributed by atoms with Crippen molar-refractivity contribution in [2.75, 3.05) is 13.2 Å². The highest BCUT2D eigenvalue weighted by atomic mass is 16.5. The molecule has 0 amide bonds. The third-order valence-electron chi connectivity index (χ3n) is 3.39. The van der Waals surface area contributed by atoms with E-state index in [0.29, 0.717) is 5.92 Å². The van der Waals surface area contributed by atoms with Crippen LogP contribution >= 0.6 is 0 Å². The molecular formula is C13H22N2O2. The minimum Gasteiger partial charge on any atom is -0.388 e. The van der Waals surface area contributed by atoms with Crippen molar-refractivity contribution in [2.45, 2.75) is 45.3 Å². The molecule has 0 spiro atoms. The van der Waals surface area contributed by atoms with Crippen molar-refractivity contribution in [3.8, 4) is 0 Å². The van der Waals surface area contributed by atoms with Crippen LogP contribution in [-0.2, 0) is 11.3 Å². The fourth-order valence-electron chi connectivity index (χ4n) is 2.34. The zero-order valence-corrected chi connectivity index (χ0v) is 10.5. The lowest BCUT2D eigenvalue weighted by Gasteiger charge is -2.23. The summed E-state index contributed by atoms with van der Waals surface area (Å²) in [5.74, 6) is 0.591. The molecule has 1 unspecified atom stereocenters. The molecule has 2 rings (SSSR count). The molecule has 4 heteroatoms. The van der Waals surface area contributed by atoms with Gasteiger partial charge in [0.15, 0.2) is 0 Å². The maximum atomic E-state index is 10.2. The maximum absolute atomic E-state index is 10.2. The Morgan fingerprint density at radius 3 is 3.00 bits per heavy atom. The van der Waals surface area contributed by atoms with Gasteiger partial charge in [-0.2, -0.15) is 5.10 Å². The van der Waals surface area contributed by atoms with Crippen molar-refractivity contribution in [2.24, 2.45) is 5.92 Å². The van der Waals surface area contributed by atoms with Crippen LogP contribution in [0.1, 0.15) is 44.3 Å². The second kappa shape index (κ2) is 6.17. The molecule has 1 N–H and O–H groups in total. The number of hydrogen-bond donors (Lipinski definition) is 1. The van der Waals surface area contributed by atoms with E-state index in [0.717, 1.165) is 51.0 Å². The van der Waals surface area contributed by atoms with E-state index >= 15 is 0 Å². The Morgan fingerprint density at radius 1 is 1.53 bits per heavy atom. The molecule has 0 aliphatic carbocycles. The molecule has 0 radical (unpaired) electrons. The van der Waals surface area contributed by atoms with Crippen LogP contribution in [0, 0.1) is 5.92 Å². The van der Waals surface area contributed by atoms with E-state index in [1.807, 2.05) is 10.9 Å². The van der Waals surface area contributed by atoms with Crippen LogP contribution in [0.2, 0.25) is 0 Å². The average molecular weight is 238 g/mol. The van der Waals surface area contributed by atoms with E-state index in [1.54, 1.807) is 6.20 Å². The first-order valence-corrected chi connectivity index (χ1v) is 6.57. The minimum atomic E-state index is -0.372. The number of aliphatic hydroxyl groups excluding tert-OH is 1. The van der Waals surface area contributed by atoms with Gasteiger partial charge in [0, 0.05) is 31.5 Å². The van der Waals surface area contributed by atoms with Crippen LogP contribution in [-0.4, -0.2) is 28.1 Å². The Morgan fingerprint density at radius 2 is 2.29 bits per heavy atom. The van der Waals surface area contributed by atoms with Gasteiger partial charge in [0.2, 0.25) is 0 Å². The fourth-order valence-corrected chi connectivity index (χ4v) is 2.34. The molecule has 1 saturated heterocycles. The predicted octanol–water partition coefficient (Wildman–Crippen LogP) is 2.14. The third kappa shape index (κ3) is 3.54. The lowest BCUT2D eigenvalue weighted by Crippen LogP contribution is -2.17. The number of hydrogen-bond acceptors (Lipinski definition) is 3. The maximum Gasteiger partial charge on any atom is 0.0823 e. The Hall–Kier alpha value is -0.870. The van der Waals surface area contributed by atoms with Crippen molar-refractivity contribution in [3.63, 3.8) is 0 Å². The monoisotopic (exact) mass is 238 g/mol. The van der Waals surface area contributed by atoms with Gasteiger partial charge in [0.1, 0.15) is 0 Å². The SMILES string of the molecule is CCCn1cc(C(O)CC2CCOCC2)cn1. The zero-order valence-electron chi connectivity index (χ0n) is 10.5. The molecule has 0 saturated carbocycles. The van der Waals surface area contributed by atoms with Crippen molar-refractivity contribution in [1.29, 1.82) is 0 Å². The zero-order chi connectivity index (χ0) is 12.1. The molecule has 17 heavy (non-hydrogen) atoms. The van der Waals surface area contributed by atoms with Crippen molar-refractivity contribution in [3.05, 3.63) is 18.0 Å². The number of aromatic nitrogens is 2. The second-order valence-electron chi connectivity index (χ2n) is 4.84. The molecule has 1 fully saturated rings. The summed E-state index contributed by atoms with van der Waals surface area (Å²) in [5, 5.41) is 14.4. The Kier molecular flexibility index (Phi) is 4.57. The summed E-state index contributed by atoms with van der Waals surface area (Å²) >= 11 is 0. The van der Waals surface area contributed by atoms with E-state index in [9.17, 15) is 5.11 Å². The molecule has 1 aliphatic heterocycles. The molecule has 1 atom stereocenters. The molecule has 4 nitrogen and oxygen atoms in total. The fraction of sp³-hybridized carbons (Fsp3) is 0.769. The number of aliphatic hydroxyl groups is 1. The van der Waals surface area contributed by atoms with Gasteiger partial charge >= 0.3 is 0 Å². The molecular weight excluding hydrogens is 216 g/mol. The summed E-state index contributed by atoms with van der Waals surface area (Å²) in [4.78, 5) is 0. The van der Waals surface area contributed by atoms with Crippen molar-refractivity contribution >= 4 is 0 Å². The van der Waals surface area contributed by atoms with Gasteiger partial charge in [-0.3, -0.25) is 4.68 Å². The summed E-state index contributed by atoms with van der Waals surface area (Å²) in [6, 6.07) is 0. The molecule has 96 valence electrons. The first-order valence-electron chi connectivity index (χ1n) is 6.57. The number of ether oxygens (including phenoxy) is 1. The van der Waals surface area contributed by atoms with Crippen LogP contribution in [0.25, 0.3) is 0 Å². The average Bonchev–Trinajstić information content (AvgIpc) is 2.79. The second-order valence-corrected chi connectivity index (χ2v) is 4.84. The van der Waals surface area contributed by atoms with E-state index in [4.69, 9.17) is 4.74 Å². The van der Waals surface area contributed by atoms with Crippen LogP contribution in [0.15, 0.2) is 12.4 Å². The van der Waals surface area contributed by atoms with Crippen LogP contribution in [0.4, 0.5) is 0 Å². The Bertz CT molecular complexity index is 332. The van der Waals surface area contributed by atoms with Crippen molar-refractivity contribution in [1.82, 2.24) is 9.78 Å². The predicted molar refractivity (Wildman–Crippen MR) is 65.6 cm³/mol. The number of nitrogens with zero attached hydrogens (tertiary/aromatic N) is 2. The molecule has 0 bridgehead atoms. The summed E-state index contributed by atoms with van der Waals surface area (Å²) in [6.07, 6.45) is 7.43. The summed E-state index contributed by atoms with van der Waals surface area (Å²) in [7, 11) is 0. The van der Waals surface area contributed by atoms with E-state index in [-0.39, 0.29) is 6.10 Å². The molecule has 2 heterocycles. The van der Waals surface area contributed by atoms with Crippen LogP contribution in [0.3, 0.4) is 0 Å². The quantitative estimate of drug-likeness (QED) is 0.855. The molecule has 1 aliphatic rings. The van der Waals surface area contributed by atoms with Gasteiger partial charge in [-0.15, -0.1) is 0 Å².